The number of nitrogens with one attached hydrogen (secondary N) is 1. The molecule has 1 aliphatic heterocycles. The highest BCUT2D eigenvalue weighted by atomic mass is 32.1. The molecule has 2 aromatic rings. The van der Waals surface area contributed by atoms with Crippen LogP contribution in [0.5, 0.6) is 0 Å². The Labute approximate surface area is 150 Å². The van der Waals surface area contributed by atoms with Crippen molar-refractivity contribution in [1.82, 2.24) is 9.47 Å². The fraction of sp³-hybridized carbons (Fsp3) is 0.389. The third-order valence-corrected chi connectivity index (χ3v) is 5.18. The van der Waals surface area contributed by atoms with Gasteiger partial charge in [-0.25, -0.2) is 0 Å². The van der Waals surface area contributed by atoms with Gasteiger partial charge in [0.2, 0.25) is 11.8 Å². The van der Waals surface area contributed by atoms with Crippen molar-refractivity contribution in [2.24, 2.45) is 0 Å². The van der Waals surface area contributed by atoms with Gasteiger partial charge >= 0.3 is 4.87 Å². The van der Waals surface area contributed by atoms with Crippen molar-refractivity contribution in [3.63, 3.8) is 0 Å². The first-order chi connectivity index (χ1) is 12.0. The van der Waals surface area contributed by atoms with E-state index in [9.17, 15) is 14.4 Å². The monoisotopic (exact) mass is 359 g/mol. The molecular formula is C18H21N3O3S. The van der Waals surface area contributed by atoms with Crippen LogP contribution in [0.1, 0.15) is 30.5 Å². The third-order valence-electron chi connectivity index (χ3n) is 4.29. The SMILES string of the molecule is Cc1csc(=O)n1CCC(=O)Nc1cccc(CN2CCCC2=O)c1. The van der Waals surface area contributed by atoms with E-state index < -0.39 is 0 Å². The van der Waals surface area contributed by atoms with Gasteiger partial charge < -0.3 is 14.8 Å². The van der Waals surface area contributed by atoms with E-state index >= 15 is 0 Å². The highest BCUT2D eigenvalue weighted by Crippen LogP contribution is 2.17. The second-order valence-corrected chi connectivity index (χ2v) is 7.03. The lowest BCUT2D eigenvalue weighted by molar-refractivity contribution is -0.128. The molecule has 1 fully saturated rings. The minimum Gasteiger partial charge on any atom is -0.338 e. The molecule has 1 saturated heterocycles. The molecule has 25 heavy (non-hydrogen) atoms. The van der Waals surface area contributed by atoms with Crippen molar-refractivity contribution in [2.45, 2.75) is 39.3 Å². The summed E-state index contributed by atoms with van der Waals surface area (Å²) in [6.07, 6.45) is 1.78. The smallest absolute Gasteiger partial charge is 0.307 e. The predicted octanol–water partition coefficient (Wildman–Crippen LogP) is 2.37. The number of hydrogen-bond acceptors (Lipinski definition) is 4. The molecule has 6 nitrogen and oxygen atoms in total. The minimum absolute atomic E-state index is 0.0393. The Bertz CT molecular complexity index is 840. The van der Waals surface area contributed by atoms with Crippen molar-refractivity contribution < 1.29 is 9.59 Å². The molecule has 2 amide bonds. The molecule has 0 bridgehead atoms. The number of carbonyl (C=O) groups excluding carboxylic acids is 2. The van der Waals surface area contributed by atoms with Gasteiger partial charge in [-0.1, -0.05) is 23.5 Å². The molecule has 1 aromatic heterocycles. The van der Waals surface area contributed by atoms with Gasteiger partial charge in [0.25, 0.3) is 0 Å². The summed E-state index contributed by atoms with van der Waals surface area (Å²) in [6, 6.07) is 7.55. The first-order valence-corrected chi connectivity index (χ1v) is 9.22. The number of thiazole rings is 1. The first-order valence-electron chi connectivity index (χ1n) is 8.34. The standard InChI is InChI=1S/C18H21N3O3S/c1-13-12-25-18(24)21(13)9-7-16(22)19-15-5-2-4-14(10-15)11-20-8-3-6-17(20)23/h2,4-5,10,12H,3,6-9,11H2,1H3,(H,19,22). The number of aryl methyl sites for hydroxylation is 1. The van der Waals surface area contributed by atoms with Gasteiger partial charge in [0.15, 0.2) is 0 Å². The van der Waals surface area contributed by atoms with Crippen molar-refractivity contribution >= 4 is 28.8 Å². The topological polar surface area (TPSA) is 71.4 Å². The molecule has 7 heteroatoms. The van der Waals surface area contributed by atoms with Gasteiger partial charge in [-0.05, 0) is 31.0 Å². The Kier molecular flexibility index (Phi) is 5.33. The van der Waals surface area contributed by atoms with Crippen LogP contribution in [0, 0.1) is 6.92 Å². The molecule has 0 radical (unpaired) electrons. The van der Waals surface area contributed by atoms with E-state index in [1.54, 1.807) is 9.95 Å². The summed E-state index contributed by atoms with van der Waals surface area (Å²) in [5.41, 5.74) is 2.58. The Morgan fingerprint density at radius 1 is 1.32 bits per heavy atom. The molecule has 0 spiro atoms. The first kappa shape index (κ1) is 17.4. The number of likely N-dealkylation sites (tertiary alicyclic amines) is 1. The van der Waals surface area contributed by atoms with E-state index in [1.807, 2.05) is 36.1 Å². The van der Waals surface area contributed by atoms with Crippen LogP contribution < -0.4 is 10.2 Å². The van der Waals surface area contributed by atoms with Gasteiger partial charge in [0, 0.05) is 49.2 Å². The number of rotatable bonds is 6. The zero-order chi connectivity index (χ0) is 17.8. The lowest BCUT2D eigenvalue weighted by Crippen LogP contribution is -2.24. The van der Waals surface area contributed by atoms with Gasteiger partial charge in [0.05, 0.1) is 0 Å². The highest BCUT2D eigenvalue weighted by molar-refractivity contribution is 7.07. The maximum absolute atomic E-state index is 12.2. The van der Waals surface area contributed by atoms with Gasteiger partial charge in [-0.15, -0.1) is 0 Å². The van der Waals surface area contributed by atoms with Gasteiger partial charge in [-0.3, -0.25) is 14.4 Å². The fourth-order valence-corrected chi connectivity index (χ4v) is 3.71. The molecule has 1 aromatic carbocycles. The number of benzene rings is 1. The van der Waals surface area contributed by atoms with Gasteiger partial charge in [-0.2, -0.15) is 0 Å². The van der Waals surface area contributed by atoms with E-state index in [-0.39, 0.29) is 23.1 Å². The van der Waals surface area contributed by atoms with E-state index in [2.05, 4.69) is 5.32 Å². The molecule has 1 aliphatic rings. The lowest BCUT2D eigenvalue weighted by atomic mass is 10.2. The number of aromatic nitrogens is 1. The number of hydrogen-bond donors (Lipinski definition) is 1. The number of carbonyl (C=O) groups is 2. The number of anilines is 1. The van der Waals surface area contributed by atoms with Gasteiger partial charge in [0.1, 0.15) is 0 Å². The summed E-state index contributed by atoms with van der Waals surface area (Å²) in [5.74, 6) is 0.0536. The minimum atomic E-state index is -0.133. The average Bonchev–Trinajstić information content (AvgIpc) is 3.12. The zero-order valence-electron chi connectivity index (χ0n) is 14.2. The summed E-state index contributed by atoms with van der Waals surface area (Å²) in [6.45, 7) is 3.61. The van der Waals surface area contributed by atoms with Crippen LogP contribution >= 0.6 is 11.3 Å². The Morgan fingerprint density at radius 2 is 2.16 bits per heavy atom. The number of nitrogens with zero attached hydrogens (tertiary/aromatic N) is 2. The number of amides is 2. The van der Waals surface area contributed by atoms with E-state index in [0.29, 0.717) is 25.2 Å². The Morgan fingerprint density at radius 3 is 2.84 bits per heavy atom. The predicted molar refractivity (Wildman–Crippen MR) is 97.7 cm³/mol. The summed E-state index contributed by atoms with van der Waals surface area (Å²) in [4.78, 5) is 37.3. The van der Waals surface area contributed by atoms with Crippen molar-refractivity contribution in [1.29, 1.82) is 0 Å². The van der Waals surface area contributed by atoms with Crippen molar-refractivity contribution in [2.75, 3.05) is 11.9 Å². The quantitative estimate of drug-likeness (QED) is 0.861. The van der Waals surface area contributed by atoms with Crippen LogP contribution in [0.4, 0.5) is 5.69 Å². The second-order valence-electron chi connectivity index (χ2n) is 6.21. The largest absolute Gasteiger partial charge is 0.338 e. The van der Waals surface area contributed by atoms with Crippen LogP contribution in [-0.2, 0) is 22.7 Å². The summed E-state index contributed by atoms with van der Waals surface area (Å²) >= 11 is 1.15. The summed E-state index contributed by atoms with van der Waals surface area (Å²) < 4.78 is 1.61. The van der Waals surface area contributed by atoms with Crippen LogP contribution in [0.3, 0.4) is 0 Å². The average molecular weight is 359 g/mol. The maximum atomic E-state index is 12.2. The molecule has 1 N–H and O–H groups in total. The van der Waals surface area contributed by atoms with E-state index in [0.717, 1.165) is 35.6 Å². The van der Waals surface area contributed by atoms with Crippen molar-refractivity contribution in [3.05, 3.63) is 50.6 Å². The highest BCUT2D eigenvalue weighted by Gasteiger charge is 2.20. The maximum Gasteiger partial charge on any atom is 0.307 e. The fourth-order valence-electron chi connectivity index (χ4n) is 2.95. The zero-order valence-corrected chi connectivity index (χ0v) is 15.0. The van der Waals surface area contributed by atoms with E-state index in [1.165, 1.54) is 0 Å². The second kappa shape index (κ2) is 7.65. The molecule has 0 saturated carbocycles. The molecule has 3 rings (SSSR count). The van der Waals surface area contributed by atoms with Crippen LogP contribution in [0.25, 0.3) is 0 Å². The third kappa shape index (κ3) is 4.36. The molecular weight excluding hydrogens is 338 g/mol. The summed E-state index contributed by atoms with van der Waals surface area (Å²) in [7, 11) is 0. The lowest BCUT2D eigenvalue weighted by Gasteiger charge is -2.16. The summed E-state index contributed by atoms with van der Waals surface area (Å²) in [5, 5.41) is 4.66. The van der Waals surface area contributed by atoms with E-state index in [4.69, 9.17) is 0 Å². The molecule has 2 heterocycles. The normalized spacial score (nSPS) is 14.1. The Hall–Kier alpha value is -2.41. The van der Waals surface area contributed by atoms with Crippen LogP contribution in [-0.4, -0.2) is 27.8 Å². The van der Waals surface area contributed by atoms with Crippen LogP contribution in [0.15, 0.2) is 34.4 Å². The Balaban J connectivity index is 1.57. The molecule has 0 aliphatic carbocycles. The molecule has 0 unspecified atom stereocenters. The molecule has 0 atom stereocenters. The molecule has 132 valence electrons. The van der Waals surface area contributed by atoms with Crippen molar-refractivity contribution in [3.8, 4) is 0 Å². The van der Waals surface area contributed by atoms with Crippen LogP contribution in [0.2, 0.25) is 0 Å².